The maximum Gasteiger partial charge on any atom is 0.164 e. The molecule has 1 aliphatic rings. The van der Waals surface area contributed by atoms with Crippen molar-refractivity contribution in [3.63, 3.8) is 0 Å². The Morgan fingerprint density at radius 3 is 2.47 bits per heavy atom. The zero-order valence-electron chi connectivity index (χ0n) is 11.8. The van der Waals surface area contributed by atoms with E-state index in [1.165, 1.54) is 11.1 Å². The Labute approximate surface area is 105 Å². The number of hydrogen-bond donors (Lipinski definition) is 0. The number of benzene rings is 1. The molecule has 2 unspecified atom stereocenters. The van der Waals surface area contributed by atoms with E-state index >= 15 is 0 Å². The molecule has 17 heavy (non-hydrogen) atoms. The minimum Gasteiger partial charge on any atom is -0.493 e. The normalized spacial score (nSPS) is 21.8. The van der Waals surface area contributed by atoms with Crippen LogP contribution in [0.3, 0.4) is 0 Å². The first-order chi connectivity index (χ1) is 8.13. The van der Waals surface area contributed by atoms with Crippen molar-refractivity contribution in [2.24, 2.45) is 5.92 Å². The summed E-state index contributed by atoms with van der Waals surface area (Å²) in [7, 11) is 1.70. The van der Waals surface area contributed by atoms with E-state index in [2.05, 4.69) is 26.8 Å². The van der Waals surface area contributed by atoms with Gasteiger partial charge in [-0.15, -0.1) is 0 Å². The summed E-state index contributed by atoms with van der Waals surface area (Å²) < 4.78 is 11.1. The second-order valence-corrected chi connectivity index (χ2v) is 4.46. The maximum absolute atomic E-state index is 5.76. The Morgan fingerprint density at radius 1 is 1.24 bits per heavy atom. The summed E-state index contributed by atoms with van der Waals surface area (Å²) in [5.74, 6) is 2.92. The van der Waals surface area contributed by atoms with E-state index in [4.69, 9.17) is 9.47 Å². The van der Waals surface area contributed by atoms with Crippen LogP contribution in [0.25, 0.3) is 0 Å². The quantitative estimate of drug-likeness (QED) is 0.729. The van der Waals surface area contributed by atoms with E-state index in [0.717, 1.165) is 18.1 Å². The summed E-state index contributed by atoms with van der Waals surface area (Å²) in [4.78, 5) is 0. The first-order valence-electron chi connectivity index (χ1n) is 6.44. The highest BCUT2D eigenvalue weighted by Gasteiger charge is 2.26. The topological polar surface area (TPSA) is 18.5 Å². The van der Waals surface area contributed by atoms with Gasteiger partial charge in [-0.1, -0.05) is 33.8 Å². The summed E-state index contributed by atoms with van der Waals surface area (Å²) >= 11 is 0. The van der Waals surface area contributed by atoms with Crippen molar-refractivity contribution in [2.75, 3.05) is 13.7 Å². The van der Waals surface area contributed by atoms with Gasteiger partial charge in [-0.3, -0.25) is 0 Å². The van der Waals surface area contributed by atoms with Crippen LogP contribution in [0.4, 0.5) is 0 Å². The Bertz CT molecular complexity index is 371. The molecular formula is C15H24O2. The van der Waals surface area contributed by atoms with Crippen LogP contribution in [0.1, 0.15) is 44.7 Å². The predicted molar refractivity (Wildman–Crippen MR) is 72.2 cm³/mol. The number of methoxy groups -OCH3 is 1. The van der Waals surface area contributed by atoms with Crippen LogP contribution in [-0.4, -0.2) is 13.7 Å². The van der Waals surface area contributed by atoms with E-state index in [0.29, 0.717) is 11.8 Å². The fourth-order valence-electron chi connectivity index (χ4n) is 2.08. The third-order valence-electron chi connectivity index (χ3n) is 3.28. The number of aryl methyl sites for hydroxylation is 1. The minimum absolute atomic E-state index is 0.544. The van der Waals surface area contributed by atoms with Crippen LogP contribution in [0.5, 0.6) is 11.5 Å². The number of fused-ring (bicyclic) bond motifs is 1. The van der Waals surface area contributed by atoms with Gasteiger partial charge in [0.2, 0.25) is 0 Å². The van der Waals surface area contributed by atoms with Crippen LogP contribution < -0.4 is 9.47 Å². The molecule has 1 aromatic carbocycles. The highest BCUT2D eigenvalue weighted by molar-refractivity contribution is 5.51. The van der Waals surface area contributed by atoms with Crippen LogP contribution in [0, 0.1) is 12.8 Å². The molecule has 0 saturated heterocycles. The lowest BCUT2D eigenvalue weighted by molar-refractivity contribution is 0.202. The van der Waals surface area contributed by atoms with E-state index in [1.807, 2.05) is 19.9 Å². The Hall–Kier alpha value is -1.18. The van der Waals surface area contributed by atoms with Crippen molar-refractivity contribution in [1.29, 1.82) is 0 Å². The zero-order chi connectivity index (χ0) is 13.0. The third kappa shape index (κ3) is 2.74. The molecule has 0 bridgehead atoms. The Balaban J connectivity index is 0.000000686. The molecule has 0 aliphatic carbocycles. The molecule has 2 nitrogen and oxygen atoms in total. The summed E-state index contributed by atoms with van der Waals surface area (Å²) in [6, 6.07) is 4.24. The molecule has 1 aromatic rings. The van der Waals surface area contributed by atoms with Gasteiger partial charge in [0, 0.05) is 5.56 Å². The standard InChI is InChI=1S/C13H18O2.C2H6/c1-8-5-11-10(3)9(2)7-15-13(11)12(6-8)14-4;1-2/h5-6,9-10H,7H2,1-4H3;1-2H3. The molecule has 2 heteroatoms. The highest BCUT2D eigenvalue weighted by Crippen LogP contribution is 2.43. The minimum atomic E-state index is 0.544. The number of ether oxygens (including phenoxy) is 2. The van der Waals surface area contributed by atoms with Crippen molar-refractivity contribution >= 4 is 0 Å². The number of hydrogen-bond acceptors (Lipinski definition) is 2. The molecule has 0 spiro atoms. The first-order valence-corrected chi connectivity index (χ1v) is 6.44. The van der Waals surface area contributed by atoms with Gasteiger partial charge in [0.25, 0.3) is 0 Å². The summed E-state index contributed by atoms with van der Waals surface area (Å²) in [6.07, 6.45) is 0. The molecule has 0 radical (unpaired) electrons. The lowest BCUT2D eigenvalue weighted by atomic mass is 9.86. The largest absolute Gasteiger partial charge is 0.493 e. The van der Waals surface area contributed by atoms with Crippen LogP contribution >= 0.6 is 0 Å². The molecule has 0 amide bonds. The predicted octanol–water partition coefficient (Wildman–Crippen LogP) is 4.16. The van der Waals surface area contributed by atoms with Crippen molar-refractivity contribution in [2.45, 2.75) is 40.5 Å². The first kappa shape index (κ1) is 13.9. The number of rotatable bonds is 1. The van der Waals surface area contributed by atoms with Crippen molar-refractivity contribution < 1.29 is 9.47 Å². The van der Waals surface area contributed by atoms with Gasteiger partial charge in [0.05, 0.1) is 13.7 Å². The Morgan fingerprint density at radius 2 is 1.88 bits per heavy atom. The average molecular weight is 236 g/mol. The average Bonchev–Trinajstić information content (AvgIpc) is 2.36. The van der Waals surface area contributed by atoms with Gasteiger partial charge >= 0.3 is 0 Å². The molecule has 1 heterocycles. The van der Waals surface area contributed by atoms with Gasteiger partial charge in [0.15, 0.2) is 11.5 Å². The van der Waals surface area contributed by atoms with E-state index in [1.54, 1.807) is 7.11 Å². The van der Waals surface area contributed by atoms with Gasteiger partial charge in [-0.2, -0.15) is 0 Å². The van der Waals surface area contributed by atoms with Crippen molar-refractivity contribution in [1.82, 2.24) is 0 Å². The van der Waals surface area contributed by atoms with Crippen LogP contribution in [-0.2, 0) is 0 Å². The fraction of sp³-hybridized carbons (Fsp3) is 0.600. The lowest BCUT2D eigenvalue weighted by Crippen LogP contribution is -2.22. The van der Waals surface area contributed by atoms with Gasteiger partial charge in [-0.25, -0.2) is 0 Å². The zero-order valence-corrected chi connectivity index (χ0v) is 11.8. The Kier molecular flexibility index (Phi) is 4.86. The molecule has 1 aliphatic heterocycles. The van der Waals surface area contributed by atoms with Gasteiger partial charge in [0.1, 0.15) is 0 Å². The molecule has 0 N–H and O–H groups in total. The van der Waals surface area contributed by atoms with Crippen LogP contribution in [0.2, 0.25) is 0 Å². The summed E-state index contributed by atoms with van der Waals surface area (Å²) in [5.41, 5.74) is 2.51. The van der Waals surface area contributed by atoms with Gasteiger partial charge in [-0.05, 0) is 30.4 Å². The third-order valence-corrected chi connectivity index (χ3v) is 3.28. The fourth-order valence-corrected chi connectivity index (χ4v) is 2.08. The second kappa shape index (κ2) is 5.95. The van der Waals surface area contributed by atoms with E-state index in [9.17, 15) is 0 Å². The van der Waals surface area contributed by atoms with E-state index < -0.39 is 0 Å². The molecular weight excluding hydrogens is 212 g/mol. The summed E-state index contributed by atoms with van der Waals surface area (Å²) in [5, 5.41) is 0. The molecule has 0 saturated carbocycles. The lowest BCUT2D eigenvalue weighted by Gasteiger charge is -2.30. The second-order valence-electron chi connectivity index (χ2n) is 4.46. The highest BCUT2D eigenvalue weighted by atomic mass is 16.5. The maximum atomic E-state index is 5.76. The van der Waals surface area contributed by atoms with Crippen molar-refractivity contribution in [3.05, 3.63) is 23.3 Å². The molecule has 0 fully saturated rings. The molecule has 96 valence electrons. The summed E-state index contributed by atoms with van der Waals surface area (Å²) in [6.45, 7) is 11.4. The van der Waals surface area contributed by atoms with Crippen molar-refractivity contribution in [3.8, 4) is 11.5 Å². The molecule has 2 atom stereocenters. The van der Waals surface area contributed by atoms with E-state index in [-0.39, 0.29) is 0 Å². The van der Waals surface area contributed by atoms with Gasteiger partial charge < -0.3 is 9.47 Å². The molecule has 0 aromatic heterocycles. The molecule has 2 rings (SSSR count). The monoisotopic (exact) mass is 236 g/mol. The van der Waals surface area contributed by atoms with Crippen LogP contribution in [0.15, 0.2) is 12.1 Å². The smallest absolute Gasteiger partial charge is 0.164 e. The SMILES string of the molecule is CC.COc1cc(C)cc2c1OCC(C)C2C.